The number of hydrogen-bond acceptors (Lipinski definition) is 4. The van der Waals surface area contributed by atoms with Gasteiger partial charge in [-0.3, -0.25) is 0 Å². The molecule has 0 saturated heterocycles. The molecule has 0 spiro atoms. The van der Waals surface area contributed by atoms with Gasteiger partial charge in [0.2, 0.25) is 0 Å². The molecule has 1 N–H and O–H groups in total. The van der Waals surface area contributed by atoms with Crippen molar-refractivity contribution in [3.63, 3.8) is 0 Å². The minimum Gasteiger partial charge on any atom is -0.465 e. The number of aryl methyl sites for hydroxylation is 1. The summed E-state index contributed by atoms with van der Waals surface area (Å²) in [4.78, 5) is 16.1. The second-order valence-electron chi connectivity index (χ2n) is 4.12. The van der Waals surface area contributed by atoms with Crippen LogP contribution >= 0.6 is 11.6 Å². The lowest BCUT2D eigenvalue weighted by atomic mass is 10.1. The van der Waals surface area contributed by atoms with Crippen molar-refractivity contribution in [2.45, 2.75) is 39.7 Å². The summed E-state index contributed by atoms with van der Waals surface area (Å²) in [7, 11) is 1.33. The summed E-state index contributed by atoms with van der Waals surface area (Å²) in [5.74, 6) is 0.0292. The van der Waals surface area contributed by atoms with E-state index < -0.39 is 5.97 Å². The standard InChI is InChI=1S/C13H19ClN2O2/c1-5-9(6-2)16-12-11(13(17)18-4)10(14)7-8(3)15-12/h7,9H,5-6H2,1-4H3,(H,15,16). The summed E-state index contributed by atoms with van der Waals surface area (Å²) in [5, 5.41) is 3.61. The van der Waals surface area contributed by atoms with Gasteiger partial charge in [-0.2, -0.15) is 0 Å². The van der Waals surface area contributed by atoms with Gasteiger partial charge in [0.05, 0.1) is 12.1 Å². The van der Waals surface area contributed by atoms with Crippen molar-refractivity contribution in [2.24, 2.45) is 0 Å². The Balaban J connectivity index is 3.18. The molecule has 1 heterocycles. The molecule has 0 saturated carbocycles. The first-order chi connectivity index (χ1) is 8.53. The van der Waals surface area contributed by atoms with Crippen LogP contribution in [-0.2, 0) is 4.74 Å². The van der Waals surface area contributed by atoms with E-state index in [9.17, 15) is 4.79 Å². The third kappa shape index (κ3) is 3.35. The second-order valence-corrected chi connectivity index (χ2v) is 4.53. The third-order valence-electron chi connectivity index (χ3n) is 2.82. The van der Waals surface area contributed by atoms with Gasteiger partial charge in [0.1, 0.15) is 11.4 Å². The molecule has 0 fully saturated rings. The van der Waals surface area contributed by atoms with Gasteiger partial charge in [-0.15, -0.1) is 0 Å². The molecule has 0 aromatic carbocycles. The molecular formula is C13H19ClN2O2. The van der Waals surface area contributed by atoms with Crippen molar-refractivity contribution in [3.05, 3.63) is 22.3 Å². The molecule has 18 heavy (non-hydrogen) atoms. The highest BCUT2D eigenvalue weighted by molar-refractivity contribution is 6.34. The first kappa shape index (κ1) is 14.8. The van der Waals surface area contributed by atoms with Crippen LogP contribution in [0.5, 0.6) is 0 Å². The highest BCUT2D eigenvalue weighted by Gasteiger charge is 2.20. The SMILES string of the molecule is CCC(CC)Nc1nc(C)cc(Cl)c1C(=O)OC. The summed E-state index contributed by atoms with van der Waals surface area (Å²) in [6.45, 7) is 6.00. The number of hydrogen-bond donors (Lipinski definition) is 1. The van der Waals surface area contributed by atoms with Crippen molar-refractivity contribution in [1.82, 2.24) is 4.98 Å². The maximum absolute atomic E-state index is 11.7. The third-order valence-corrected chi connectivity index (χ3v) is 3.11. The predicted octanol–water partition coefficient (Wildman–Crippen LogP) is 3.43. The zero-order valence-corrected chi connectivity index (χ0v) is 12.0. The number of carbonyl (C=O) groups is 1. The van der Waals surface area contributed by atoms with E-state index in [0.29, 0.717) is 16.4 Å². The number of halogens is 1. The molecule has 0 bridgehead atoms. The number of nitrogens with zero attached hydrogens (tertiary/aromatic N) is 1. The summed E-state index contributed by atoms with van der Waals surface area (Å²) in [5.41, 5.74) is 1.07. The molecule has 0 amide bonds. The quantitative estimate of drug-likeness (QED) is 0.833. The Morgan fingerprint density at radius 3 is 2.61 bits per heavy atom. The molecule has 1 aromatic heterocycles. The summed E-state index contributed by atoms with van der Waals surface area (Å²) >= 11 is 6.10. The monoisotopic (exact) mass is 270 g/mol. The molecule has 0 radical (unpaired) electrons. The minimum absolute atomic E-state index is 0.263. The molecule has 0 unspecified atom stereocenters. The molecule has 0 aliphatic heterocycles. The van der Waals surface area contributed by atoms with E-state index in [1.165, 1.54) is 7.11 Å². The lowest BCUT2D eigenvalue weighted by Crippen LogP contribution is -2.21. The van der Waals surface area contributed by atoms with Crippen LogP contribution < -0.4 is 5.32 Å². The average molecular weight is 271 g/mol. The number of carbonyl (C=O) groups excluding carboxylic acids is 1. The van der Waals surface area contributed by atoms with Crippen LogP contribution in [0.15, 0.2) is 6.07 Å². The van der Waals surface area contributed by atoms with E-state index in [1.807, 2.05) is 6.92 Å². The Labute approximate surface area is 113 Å². The highest BCUT2D eigenvalue weighted by Crippen LogP contribution is 2.25. The molecule has 1 rings (SSSR count). The normalized spacial score (nSPS) is 10.6. The minimum atomic E-state index is -0.471. The Morgan fingerprint density at radius 2 is 2.11 bits per heavy atom. The Morgan fingerprint density at radius 1 is 1.50 bits per heavy atom. The summed E-state index contributed by atoms with van der Waals surface area (Å²) in [6.07, 6.45) is 1.90. The van der Waals surface area contributed by atoms with Crippen LogP contribution in [0.3, 0.4) is 0 Å². The number of methoxy groups -OCH3 is 1. The van der Waals surface area contributed by atoms with Crippen LogP contribution in [-0.4, -0.2) is 24.1 Å². The molecule has 4 nitrogen and oxygen atoms in total. The van der Waals surface area contributed by atoms with E-state index in [-0.39, 0.29) is 6.04 Å². The van der Waals surface area contributed by atoms with Gasteiger partial charge in [-0.25, -0.2) is 9.78 Å². The number of ether oxygens (including phenoxy) is 1. The molecule has 0 atom stereocenters. The molecule has 100 valence electrons. The van der Waals surface area contributed by atoms with E-state index in [4.69, 9.17) is 16.3 Å². The topological polar surface area (TPSA) is 51.2 Å². The highest BCUT2D eigenvalue weighted by atomic mass is 35.5. The van der Waals surface area contributed by atoms with Crippen molar-refractivity contribution >= 4 is 23.4 Å². The number of nitrogens with one attached hydrogen (secondary N) is 1. The van der Waals surface area contributed by atoms with Gasteiger partial charge in [0, 0.05) is 11.7 Å². The van der Waals surface area contributed by atoms with Gasteiger partial charge in [0.15, 0.2) is 0 Å². The van der Waals surface area contributed by atoms with Crippen LogP contribution in [0.2, 0.25) is 5.02 Å². The number of rotatable bonds is 5. The number of esters is 1. The van der Waals surface area contributed by atoms with Gasteiger partial charge in [0.25, 0.3) is 0 Å². The van der Waals surface area contributed by atoms with Crippen molar-refractivity contribution in [1.29, 1.82) is 0 Å². The predicted molar refractivity (Wildman–Crippen MR) is 73.3 cm³/mol. The van der Waals surface area contributed by atoms with E-state index in [0.717, 1.165) is 18.5 Å². The fourth-order valence-corrected chi connectivity index (χ4v) is 2.04. The lowest BCUT2D eigenvalue weighted by Gasteiger charge is -2.18. The number of aromatic nitrogens is 1. The molecule has 1 aromatic rings. The van der Waals surface area contributed by atoms with Gasteiger partial charge < -0.3 is 10.1 Å². The molecular weight excluding hydrogens is 252 g/mol. The fourth-order valence-electron chi connectivity index (χ4n) is 1.72. The smallest absolute Gasteiger partial charge is 0.343 e. The van der Waals surface area contributed by atoms with E-state index in [1.54, 1.807) is 6.07 Å². The first-order valence-corrected chi connectivity index (χ1v) is 6.43. The van der Waals surface area contributed by atoms with Gasteiger partial charge in [-0.05, 0) is 25.8 Å². The maximum atomic E-state index is 11.7. The summed E-state index contributed by atoms with van der Waals surface area (Å²) in [6, 6.07) is 1.92. The zero-order valence-electron chi connectivity index (χ0n) is 11.2. The number of anilines is 1. The lowest BCUT2D eigenvalue weighted by molar-refractivity contribution is 0.0601. The Kier molecular flexibility index (Phi) is 5.41. The number of pyridine rings is 1. The Hall–Kier alpha value is -1.29. The largest absolute Gasteiger partial charge is 0.465 e. The molecule has 5 heteroatoms. The summed E-state index contributed by atoms with van der Waals surface area (Å²) < 4.78 is 4.74. The van der Waals surface area contributed by atoms with Crippen molar-refractivity contribution < 1.29 is 9.53 Å². The molecule has 0 aliphatic rings. The second kappa shape index (κ2) is 6.59. The fraction of sp³-hybridized carbons (Fsp3) is 0.538. The van der Waals surface area contributed by atoms with Gasteiger partial charge >= 0.3 is 5.97 Å². The molecule has 0 aliphatic carbocycles. The van der Waals surface area contributed by atoms with Crippen LogP contribution in [0.25, 0.3) is 0 Å². The maximum Gasteiger partial charge on any atom is 0.343 e. The van der Waals surface area contributed by atoms with E-state index in [2.05, 4.69) is 24.1 Å². The zero-order chi connectivity index (χ0) is 13.7. The van der Waals surface area contributed by atoms with Crippen LogP contribution in [0.4, 0.5) is 5.82 Å². The van der Waals surface area contributed by atoms with E-state index >= 15 is 0 Å². The van der Waals surface area contributed by atoms with Crippen molar-refractivity contribution in [2.75, 3.05) is 12.4 Å². The van der Waals surface area contributed by atoms with Crippen LogP contribution in [0, 0.1) is 6.92 Å². The van der Waals surface area contributed by atoms with Crippen molar-refractivity contribution in [3.8, 4) is 0 Å². The Bertz CT molecular complexity index is 431. The van der Waals surface area contributed by atoms with Gasteiger partial charge in [-0.1, -0.05) is 25.4 Å². The van der Waals surface area contributed by atoms with Crippen LogP contribution in [0.1, 0.15) is 42.7 Å². The average Bonchev–Trinajstić information content (AvgIpc) is 2.34. The first-order valence-electron chi connectivity index (χ1n) is 6.05.